The Hall–Kier alpha value is -3.35. The van der Waals surface area contributed by atoms with Crippen molar-refractivity contribution < 1.29 is 23.9 Å². The van der Waals surface area contributed by atoms with Gasteiger partial charge in [-0.05, 0) is 43.7 Å². The molecule has 0 saturated carbocycles. The number of carbonyl (C=O) groups is 3. The van der Waals surface area contributed by atoms with Gasteiger partial charge in [0.15, 0.2) is 6.61 Å². The minimum absolute atomic E-state index is 0.212. The van der Waals surface area contributed by atoms with Gasteiger partial charge in [0, 0.05) is 5.56 Å². The van der Waals surface area contributed by atoms with E-state index in [0.29, 0.717) is 5.75 Å². The van der Waals surface area contributed by atoms with Gasteiger partial charge in [-0.2, -0.15) is 0 Å². The molecule has 0 radical (unpaired) electrons. The van der Waals surface area contributed by atoms with E-state index >= 15 is 0 Å². The first-order valence-electron chi connectivity index (χ1n) is 7.88. The van der Waals surface area contributed by atoms with Crippen molar-refractivity contribution in [3.63, 3.8) is 0 Å². The van der Waals surface area contributed by atoms with Crippen LogP contribution in [0, 0.1) is 13.8 Å². The number of esters is 1. The van der Waals surface area contributed by atoms with E-state index in [2.05, 4.69) is 15.6 Å². The van der Waals surface area contributed by atoms with E-state index < -0.39 is 17.8 Å². The number of hydrogen-bond acceptors (Lipinski definition) is 5. The maximum Gasteiger partial charge on any atom is 0.337 e. The summed E-state index contributed by atoms with van der Waals surface area (Å²) in [6.45, 7) is 3.61. The fraction of sp³-hybridized carbons (Fsp3) is 0.211. The minimum atomic E-state index is -0.560. The molecule has 2 aromatic carbocycles. The van der Waals surface area contributed by atoms with Gasteiger partial charge in [-0.15, -0.1) is 0 Å². The van der Waals surface area contributed by atoms with Crippen LogP contribution in [-0.2, 0) is 9.53 Å². The number of nitrogens with one attached hydrogen (secondary N) is 2. The molecule has 2 amide bonds. The summed E-state index contributed by atoms with van der Waals surface area (Å²) in [5, 5.41) is 0. The highest BCUT2D eigenvalue weighted by atomic mass is 16.5. The van der Waals surface area contributed by atoms with Crippen molar-refractivity contribution in [3.05, 3.63) is 64.7 Å². The van der Waals surface area contributed by atoms with Crippen molar-refractivity contribution in [1.29, 1.82) is 0 Å². The first-order valence-corrected chi connectivity index (χ1v) is 7.88. The van der Waals surface area contributed by atoms with Crippen LogP contribution >= 0.6 is 0 Å². The molecule has 0 spiro atoms. The maximum atomic E-state index is 12.1. The number of methoxy groups -OCH3 is 1. The minimum Gasteiger partial charge on any atom is -0.483 e. The molecule has 7 nitrogen and oxygen atoms in total. The Kier molecular flexibility index (Phi) is 6.32. The standard InChI is InChI=1S/C19H20N2O5/c1-12-7-8-16(13(2)9-12)26-11-17(22)20-21-18(23)14-5-4-6-15(10-14)19(24)25-3/h4-10H,11H2,1-3H3,(H,20,22)(H,21,23). The molecule has 0 aromatic heterocycles. The molecule has 136 valence electrons. The van der Waals surface area contributed by atoms with E-state index in [1.54, 1.807) is 12.1 Å². The van der Waals surface area contributed by atoms with Crippen molar-refractivity contribution in [2.45, 2.75) is 13.8 Å². The Morgan fingerprint density at radius 3 is 2.38 bits per heavy atom. The second-order valence-corrected chi connectivity index (χ2v) is 5.63. The average molecular weight is 356 g/mol. The summed E-state index contributed by atoms with van der Waals surface area (Å²) in [7, 11) is 1.26. The second kappa shape index (κ2) is 8.66. The summed E-state index contributed by atoms with van der Waals surface area (Å²) in [6.07, 6.45) is 0. The molecule has 0 unspecified atom stereocenters. The zero-order chi connectivity index (χ0) is 19.1. The summed E-state index contributed by atoms with van der Waals surface area (Å²) in [5.74, 6) is -1.02. The number of benzene rings is 2. The summed E-state index contributed by atoms with van der Waals surface area (Å²) in [5.41, 5.74) is 7.01. The van der Waals surface area contributed by atoms with Gasteiger partial charge in [0.05, 0.1) is 12.7 Å². The first-order chi connectivity index (χ1) is 12.4. The van der Waals surface area contributed by atoms with Gasteiger partial charge in [0.1, 0.15) is 5.75 Å². The third-order valence-corrected chi connectivity index (χ3v) is 3.55. The molecule has 26 heavy (non-hydrogen) atoms. The summed E-state index contributed by atoms with van der Waals surface area (Å²) in [4.78, 5) is 35.4. The first kappa shape index (κ1) is 19.0. The van der Waals surface area contributed by atoms with Gasteiger partial charge >= 0.3 is 5.97 Å². The Labute approximate surface area is 151 Å². The lowest BCUT2D eigenvalue weighted by Crippen LogP contribution is -2.43. The smallest absolute Gasteiger partial charge is 0.337 e. The molecular formula is C19H20N2O5. The van der Waals surface area contributed by atoms with E-state index in [9.17, 15) is 14.4 Å². The molecule has 2 aromatic rings. The van der Waals surface area contributed by atoms with Gasteiger partial charge in [-0.25, -0.2) is 4.79 Å². The van der Waals surface area contributed by atoms with Crippen LogP contribution in [-0.4, -0.2) is 31.5 Å². The van der Waals surface area contributed by atoms with E-state index in [1.807, 2.05) is 26.0 Å². The molecule has 0 atom stereocenters. The number of hydrazine groups is 1. The van der Waals surface area contributed by atoms with E-state index in [0.717, 1.165) is 11.1 Å². The van der Waals surface area contributed by atoms with Crippen molar-refractivity contribution in [2.24, 2.45) is 0 Å². The van der Waals surface area contributed by atoms with Gasteiger partial charge in [0.2, 0.25) is 0 Å². The highest BCUT2D eigenvalue weighted by Crippen LogP contribution is 2.18. The monoisotopic (exact) mass is 356 g/mol. The van der Waals surface area contributed by atoms with Gasteiger partial charge in [-0.1, -0.05) is 23.8 Å². The molecule has 7 heteroatoms. The Bertz CT molecular complexity index is 832. The number of aryl methyl sites for hydroxylation is 2. The summed E-state index contributed by atoms with van der Waals surface area (Å²) in [6, 6.07) is 11.6. The lowest BCUT2D eigenvalue weighted by molar-refractivity contribution is -0.123. The second-order valence-electron chi connectivity index (χ2n) is 5.63. The van der Waals surface area contributed by atoms with Crippen molar-refractivity contribution in [1.82, 2.24) is 10.9 Å². The largest absolute Gasteiger partial charge is 0.483 e. The molecule has 0 fully saturated rings. The lowest BCUT2D eigenvalue weighted by Gasteiger charge is -2.11. The summed E-state index contributed by atoms with van der Waals surface area (Å²) >= 11 is 0. The maximum absolute atomic E-state index is 12.1. The predicted molar refractivity (Wildman–Crippen MR) is 94.8 cm³/mol. The number of hydrogen-bond donors (Lipinski definition) is 2. The van der Waals surface area contributed by atoms with E-state index in [1.165, 1.54) is 25.3 Å². The zero-order valence-corrected chi connectivity index (χ0v) is 14.8. The fourth-order valence-electron chi connectivity index (χ4n) is 2.24. The quantitative estimate of drug-likeness (QED) is 0.631. The van der Waals surface area contributed by atoms with Crippen LogP contribution in [0.1, 0.15) is 31.8 Å². The van der Waals surface area contributed by atoms with Gasteiger partial charge in [0.25, 0.3) is 11.8 Å². The van der Waals surface area contributed by atoms with E-state index in [4.69, 9.17) is 4.74 Å². The van der Waals surface area contributed by atoms with E-state index in [-0.39, 0.29) is 17.7 Å². The molecule has 2 rings (SSSR count). The molecule has 2 N–H and O–H groups in total. The molecule has 0 aliphatic heterocycles. The zero-order valence-electron chi connectivity index (χ0n) is 14.8. The Morgan fingerprint density at radius 1 is 0.962 bits per heavy atom. The fourth-order valence-corrected chi connectivity index (χ4v) is 2.24. The van der Waals surface area contributed by atoms with Crippen LogP contribution < -0.4 is 15.6 Å². The Balaban J connectivity index is 1.87. The lowest BCUT2D eigenvalue weighted by atomic mass is 10.1. The number of carbonyl (C=O) groups excluding carboxylic acids is 3. The van der Waals surface area contributed by atoms with Gasteiger partial charge in [-0.3, -0.25) is 20.4 Å². The summed E-state index contributed by atoms with van der Waals surface area (Å²) < 4.78 is 10.0. The van der Waals surface area contributed by atoms with Crippen molar-refractivity contribution in [3.8, 4) is 5.75 Å². The number of ether oxygens (including phenoxy) is 2. The van der Waals surface area contributed by atoms with Crippen LogP contribution in [0.5, 0.6) is 5.75 Å². The van der Waals surface area contributed by atoms with Crippen LogP contribution in [0.2, 0.25) is 0 Å². The molecule has 0 aliphatic rings. The molecule has 0 aliphatic carbocycles. The highest BCUT2D eigenvalue weighted by molar-refractivity contribution is 5.98. The van der Waals surface area contributed by atoms with Gasteiger partial charge < -0.3 is 9.47 Å². The normalized spacial score (nSPS) is 9.96. The van der Waals surface area contributed by atoms with Crippen LogP contribution in [0.15, 0.2) is 42.5 Å². The van der Waals surface area contributed by atoms with Crippen molar-refractivity contribution >= 4 is 17.8 Å². The number of rotatable bonds is 5. The topological polar surface area (TPSA) is 93.7 Å². The van der Waals surface area contributed by atoms with Crippen LogP contribution in [0.4, 0.5) is 0 Å². The average Bonchev–Trinajstić information content (AvgIpc) is 2.64. The van der Waals surface area contributed by atoms with Crippen molar-refractivity contribution in [2.75, 3.05) is 13.7 Å². The molecule has 0 heterocycles. The molecule has 0 bridgehead atoms. The Morgan fingerprint density at radius 2 is 1.69 bits per heavy atom. The molecule has 0 saturated heterocycles. The SMILES string of the molecule is COC(=O)c1cccc(C(=O)NNC(=O)COc2ccc(C)cc2C)c1. The number of amides is 2. The third-order valence-electron chi connectivity index (χ3n) is 3.55. The van der Waals surface area contributed by atoms with Crippen LogP contribution in [0.25, 0.3) is 0 Å². The highest BCUT2D eigenvalue weighted by Gasteiger charge is 2.12. The molecular weight excluding hydrogens is 336 g/mol. The van der Waals surface area contributed by atoms with Crippen LogP contribution in [0.3, 0.4) is 0 Å². The third kappa shape index (κ3) is 5.07. The predicted octanol–water partition coefficient (Wildman–Crippen LogP) is 1.93.